The van der Waals surface area contributed by atoms with Crippen LogP contribution in [0.4, 0.5) is 0 Å². The van der Waals surface area contributed by atoms with E-state index in [0.29, 0.717) is 45.6 Å². The zero-order valence-electron chi connectivity index (χ0n) is 27.9. The molecule has 256 valence electrons. The highest BCUT2D eigenvalue weighted by Crippen LogP contribution is 2.12. The number of rotatable bonds is 17. The lowest BCUT2D eigenvalue weighted by Gasteiger charge is -2.28. The first-order valence-corrected chi connectivity index (χ1v) is 16.8. The number of amides is 3. The summed E-state index contributed by atoms with van der Waals surface area (Å²) >= 11 is 0. The monoisotopic (exact) mass is 656 g/mol. The first kappa shape index (κ1) is 36.3. The summed E-state index contributed by atoms with van der Waals surface area (Å²) in [7, 11) is 0. The van der Waals surface area contributed by atoms with Crippen LogP contribution >= 0.6 is 0 Å². The molecule has 3 atom stereocenters. The van der Waals surface area contributed by atoms with E-state index in [2.05, 4.69) is 16.0 Å². The number of esters is 1. The molecule has 3 N–H and O–H groups in total. The molecule has 0 saturated carbocycles. The number of nitrogens with zero attached hydrogens (tertiary/aromatic N) is 1. The molecule has 1 aliphatic heterocycles. The minimum Gasteiger partial charge on any atom is -0.459 e. The predicted molar refractivity (Wildman–Crippen MR) is 184 cm³/mol. The third kappa shape index (κ3) is 12.6. The summed E-state index contributed by atoms with van der Waals surface area (Å²) in [6.07, 6.45) is 1.47. The van der Waals surface area contributed by atoms with Gasteiger partial charge in [0.2, 0.25) is 17.7 Å². The number of morpholine rings is 1. The average Bonchev–Trinajstić information content (AvgIpc) is 3.10. The Labute approximate surface area is 283 Å². The molecule has 0 bridgehead atoms. The van der Waals surface area contributed by atoms with Crippen LogP contribution in [-0.2, 0) is 48.1 Å². The predicted octanol–water partition coefficient (Wildman–Crippen LogP) is 3.44. The molecule has 1 saturated heterocycles. The van der Waals surface area contributed by atoms with E-state index in [9.17, 15) is 19.2 Å². The highest BCUT2D eigenvalue weighted by Gasteiger charge is 2.31. The number of nitrogens with one attached hydrogen (secondary N) is 3. The van der Waals surface area contributed by atoms with Crippen LogP contribution < -0.4 is 16.0 Å². The van der Waals surface area contributed by atoms with Gasteiger partial charge in [-0.1, -0.05) is 105 Å². The van der Waals surface area contributed by atoms with Crippen molar-refractivity contribution in [3.8, 4) is 0 Å². The van der Waals surface area contributed by atoms with Crippen molar-refractivity contribution in [2.24, 2.45) is 5.92 Å². The Hall–Kier alpha value is -4.54. The van der Waals surface area contributed by atoms with E-state index < -0.39 is 35.9 Å². The van der Waals surface area contributed by atoms with Gasteiger partial charge in [-0.2, -0.15) is 0 Å². The zero-order chi connectivity index (χ0) is 34.1. The summed E-state index contributed by atoms with van der Waals surface area (Å²) in [6, 6.07) is 25.7. The molecule has 0 radical (unpaired) electrons. The van der Waals surface area contributed by atoms with Crippen molar-refractivity contribution >= 4 is 23.7 Å². The fourth-order valence-corrected chi connectivity index (χ4v) is 5.55. The molecule has 3 aromatic carbocycles. The molecule has 1 heterocycles. The summed E-state index contributed by atoms with van der Waals surface area (Å²) in [6.45, 7) is 6.54. The standard InChI is InChI=1S/C38H48N4O6/c1-28(2)24-33(37(45)41-34(25-30-14-8-4-9-15-30)38(46)48-27-31-16-10-5-11-17-31)40-36(44)32(19-18-29-12-6-3-7-13-29)39-35(43)26-42-20-22-47-23-21-42/h3-17,28,32-34H,18-27H2,1-2H3,(H,39,43)(H,40,44)(H,41,45)/t32-,33?,34?/m0/s1. The van der Waals surface area contributed by atoms with Crippen molar-refractivity contribution in [2.75, 3.05) is 32.8 Å². The lowest BCUT2D eigenvalue weighted by atomic mass is 10.00. The van der Waals surface area contributed by atoms with Gasteiger partial charge in [0.25, 0.3) is 0 Å². The molecule has 1 aliphatic rings. The molecule has 2 unspecified atom stereocenters. The Morgan fingerprint density at radius 2 is 1.25 bits per heavy atom. The minimum atomic E-state index is -0.975. The van der Waals surface area contributed by atoms with E-state index in [-0.39, 0.29) is 31.4 Å². The molecule has 3 aromatic rings. The molecular weight excluding hydrogens is 608 g/mol. The second-order valence-electron chi connectivity index (χ2n) is 12.6. The normalized spacial score (nSPS) is 15.1. The highest BCUT2D eigenvalue weighted by atomic mass is 16.5. The third-order valence-corrected chi connectivity index (χ3v) is 8.13. The number of hydrogen-bond donors (Lipinski definition) is 3. The molecule has 10 nitrogen and oxygen atoms in total. The molecule has 48 heavy (non-hydrogen) atoms. The number of benzene rings is 3. The molecule has 0 aliphatic carbocycles. The summed E-state index contributed by atoms with van der Waals surface area (Å²) in [4.78, 5) is 56.1. The average molecular weight is 657 g/mol. The number of aryl methyl sites for hydroxylation is 1. The largest absolute Gasteiger partial charge is 0.459 e. The number of hydrogen-bond acceptors (Lipinski definition) is 7. The van der Waals surface area contributed by atoms with Gasteiger partial charge in [0.05, 0.1) is 19.8 Å². The van der Waals surface area contributed by atoms with Gasteiger partial charge in [-0.25, -0.2) is 4.79 Å². The third-order valence-electron chi connectivity index (χ3n) is 8.13. The molecule has 10 heteroatoms. The molecule has 1 fully saturated rings. The van der Waals surface area contributed by atoms with Crippen LogP contribution in [0.15, 0.2) is 91.0 Å². The Kier molecular flexibility index (Phi) is 14.6. The lowest BCUT2D eigenvalue weighted by molar-refractivity contribution is -0.149. The maximum Gasteiger partial charge on any atom is 0.329 e. The number of carbonyl (C=O) groups excluding carboxylic acids is 4. The van der Waals surface area contributed by atoms with Gasteiger partial charge >= 0.3 is 5.97 Å². The van der Waals surface area contributed by atoms with Crippen molar-refractivity contribution in [1.29, 1.82) is 0 Å². The topological polar surface area (TPSA) is 126 Å². The highest BCUT2D eigenvalue weighted by molar-refractivity contribution is 5.93. The molecule has 4 rings (SSSR count). The second-order valence-corrected chi connectivity index (χ2v) is 12.6. The first-order chi connectivity index (χ1) is 23.3. The van der Waals surface area contributed by atoms with E-state index in [1.807, 2.05) is 110 Å². The molecule has 0 spiro atoms. The van der Waals surface area contributed by atoms with Crippen molar-refractivity contribution in [1.82, 2.24) is 20.9 Å². The molecule has 0 aromatic heterocycles. The second kappa shape index (κ2) is 19.3. The Morgan fingerprint density at radius 1 is 0.708 bits per heavy atom. The lowest BCUT2D eigenvalue weighted by Crippen LogP contribution is -2.57. The summed E-state index contributed by atoms with van der Waals surface area (Å²) in [5.41, 5.74) is 2.72. The maximum atomic E-state index is 13.8. The summed E-state index contributed by atoms with van der Waals surface area (Å²) in [5.74, 6) is -1.72. The van der Waals surface area contributed by atoms with Crippen LogP contribution in [0.1, 0.15) is 43.4 Å². The molecular formula is C38H48N4O6. The Bertz CT molecular complexity index is 1430. The van der Waals surface area contributed by atoms with Crippen LogP contribution in [0.25, 0.3) is 0 Å². The molecule has 3 amide bonds. The van der Waals surface area contributed by atoms with Crippen LogP contribution in [-0.4, -0.2) is 79.6 Å². The van der Waals surface area contributed by atoms with E-state index >= 15 is 0 Å². The van der Waals surface area contributed by atoms with Gasteiger partial charge in [0, 0.05) is 19.5 Å². The van der Waals surface area contributed by atoms with Crippen molar-refractivity contribution in [3.05, 3.63) is 108 Å². The SMILES string of the molecule is CC(C)CC(NC(=O)[C@H](CCc1ccccc1)NC(=O)CN1CCOCC1)C(=O)NC(Cc1ccccc1)C(=O)OCc1ccccc1. The zero-order valence-corrected chi connectivity index (χ0v) is 27.9. The van der Waals surface area contributed by atoms with Gasteiger partial charge in [-0.3, -0.25) is 19.3 Å². The van der Waals surface area contributed by atoms with Crippen molar-refractivity contribution in [3.63, 3.8) is 0 Å². The summed E-state index contributed by atoms with van der Waals surface area (Å²) in [5, 5.41) is 8.69. The van der Waals surface area contributed by atoms with Gasteiger partial charge in [-0.15, -0.1) is 0 Å². The van der Waals surface area contributed by atoms with E-state index in [1.165, 1.54) is 0 Å². The van der Waals surface area contributed by atoms with Crippen LogP contribution in [0, 0.1) is 5.92 Å². The van der Waals surface area contributed by atoms with Crippen LogP contribution in [0.3, 0.4) is 0 Å². The smallest absolute Gasteiger partial charge is 0.329 e. The first-order valence-electron chi connectivity index (χ1n) is 16.8. The van der Waals surface area contributed by atoms with E-state index in [0.717, 1.165) is 16.7 Å². The summed E-state index contributed by atoms with van der Waals surface area (Å²) < 4.78 is 11.0. The number of carbonyl (C=O) groups is 4. The van der Waals surface area contributed by atoms with Gasteiger partial charge in [0.1, 0.15) is 24.7 Å². The fraction of sp³-hybridized carbons (Fsp3) is 0.421. The van der Waals surface area contributed by atoms with Crippen molar-refractivity contribution < 1.29 is 28.7 Å². The Balaban J connectivity index is 1.46. The fourth-order valence-electron chi connectivity index (χ4n) is 5.55. The van der Waals surface area contributed by atoms with Crippen LogP contribution in [0.2, 0.25) is 0 Å². The van der Waals surface area contributed by atoms with Crippen molar-refractivity contribution in [2.45, 2.75) is 64.3 Å². The van der Waals surface area contributed by atoms with Gasteiger partial charge in [0.15, 0.2) is 0 Å². The number of ether oxygens (including phenoxy) is 2. The minimum absolute atomic E-state index is 0.0531. The quantitative estimate of drug-likeness (QED) is 0.190. The van der Waals surface area contributed by atoms with E-state index in [4.69, 9.17) is 9.47 Å². The Morgan fingerprint density at radius 3 is 1.85 bits per heavy atom. The van der Waals surface area contributed by atoms with Gasteiger partial charge in [-0.05, 0) is 41.9 Å². The van der Waals surface area contributed by atoms with Gasteiger partial charge < -0.3 is 25.4 Å². The maximum absolute atomic E-state index is 13.8. The van der Waals surface area contributed by atoms with Crippen LogP contribution in [0.5, 0.6) is 0 Å². The van der Waals surface area contributed by atoms with E-state index in [1.54, 1.807) is 0 Å².